The van der Waals surface area contributed by atoms with Crippen LogP contribution in [0.2, 0.25) is 0 Å². The highest BCUT2D eigenvalue weighted by atomic mass is 16.4. The Labute approximate surface area is 207 Å². The van der Waals surface area contributed by atoms with Gasteiger partial charge in [0.2, 0.25) is 11.8 Å². The molecule has 0 aliphatic rings. The van der Waals surface area contributed by atoms with Crippen LogP contribution in [-0.2, 0) is 14.4 Å². The number of carboxylic acids is 1. The molecule has 2 amide bonds. The van der Waals surface area contributed by atoms with E-state index in [2.05, 4.69) is 16.0 Å². The van der Waals surface area contributed by atoms with Gasteiger partial charge in [-0.2, -0.15) is 0 Å². The minimum Gasteiger partial charge on any atom is -0.480 e. The summed E-state index contributed by atoms with van der Waals surface area (Å²) >= 11 is 0. The number of guanidine groups is 1. The van der Waals surface area contributed by atoms with Crippen molar-refractivity contribution >= 4 is 23.7 Å². The monoisotopic (exact) mass is 502 g/mol. The fourth-order valence-corrected chi connectivity index (χ4v) is 3.46. The molecule has 0 aromatic heterocycles. The Morgan fingerprint density at radius 3 is 2.09 bits per heavy atom. The molecule has 0 fully saturated rings. The lowest BCUT2D eigenvalue weighted by molar-refractivity contribution is -0.142. The van der Waals surface area contributed by atoms with E-state index in [0.29, 0.717) is 45.2 Å². The van der Waals surface area contributed by atoms with E-state index in [1.54, 1.807) is 0 Å². The fourth-order valence-electron chi connectivity index (χ4n) is 3.46. The van der Waals surface area contributed by atoms with Crippen molar-refractivity contribution in [3.8, 4) is 0 Å². The standard InChI is InChI=1S/C22H46N8O5/c1-13(2)12-16(19(32)29-15(21(34)35)7-3-4-10-23)30-20(33)18(25)17(31)9-8-14(24)6-5-11-28-22(26)27/h13-18,31H,3-12,23-25H2,1-2H3,(H,29,32)(H,30,33)(H,34,35)(H4,26,27,28)/t14-,15-,16-,17-,18-/m0/s1. The molecule has 5 atom stereocenters. The van der Waals surface area contributed by atoms with Gasteiger partial charge in [-0.25, -0.2) is 4.79 Å². The second kappa shape index (κ2) is 17.9. The number of hydrogen-bond acceptors (Lipinski definition) is 8. The van der Waals surface area contributed by atoms with Gasteiger partial charge in [-0.1, -0.05) is 13.8 Å². The van der Waals surface area contributed by atoms with E-state index < -0.39 is 42.0 Å². The number of nitrogens with one attached hydrogen (secondary N) is 4. The summed E-state index contributed by atoms with van der Waals surface area (Å²) in [6, 6.07) is -3.58. The van der Waals surface area contributed by atoms with Crippen molar-refractivity contribution in [3.05, 3.63) is 0 Å². The van der Waals surface area contributed by atoms with Crippen molar-refractivity contribution in [1.82, 2.24) is 16.0 Å². The zero-order valence-electron chi connectivity index (χ0n) is 21.0. The topological polar surface area (TPSA) is 256 Å². The van der Waals surface area contributed by atoms with Gasteiger partial charge in [0.05, 0.1) is 6.10 Å². The van der Waals surface area contributed by atoms with E-state index in [0.717, 1.165) is 0 Å². The van der Waals surface area contributed by atoms with E-state index in [9.17, 15) is 24.6 Å². The lowest BCUT2D eigenvalue weighted by Crippen LogP contribution is -2.57. The molecule has 0 heterocycles. The fraction of sp³-hybridized carbons (Fsp3) is 0.818. The summed E-state index contributed by atoms with van der Waals surface area (Å²) in [6.45, 7) is 4.67. The summed E-state index contributed by atoms with van der Waals surface area (Å²) in [5.74, 6) is -2.56. The zero-order chi connectivity index (χ0) is 27.0. The average molecular weight is 503 g/mol. The van der Waals surface area contributed by atoms with Crippen molar-refractivity contribution < 1.29 is 24.6 Å². The lowest BCUT2D eigenvalue weighted by Gasteiger charge is -2.26. The Morgan fingerprint density at radius 2 is 1.54 bits per heavy atom. The molecule has 13 nitrogen and oxygen atoms in total. The second-order valence-electron chi connectivity index (χ2n) is 9.29. The summed E-state index contributed by atoms with van der Waals surface area (Å²) in [5, 5.41) is 34.6. The smallest absolute Gasteiger partial charge is 0.326 e. The van der Waals surface area contributed by atoms with Gasteiger partial charge in [0.15, 0.2) is 5.96 Å². The molecule has 14 N–H and O–H groups in total. The molecule has 13 heteroatoms. The van der Waals surface area contributed by atoms with E-state index in [1.807, 2.05) is 13.8 Å². The van der Waals surface area contributed by atoms with Gasteiger partial charge >= 0.3 is 5.97 Å². The largest absolute Gasteiger partial charge is 0.480 e. The number of aliphatic carboxylic acids is 1. The van der Waals surface area contributed by atoms with Crippen LogP contribution in [0, 0.1) is 11.3 Å². The molecular formula is C22H46N8O5. The normalized spacial score (nSPS) is 15.5. The molecule has 0 bridgehead atoms. The van der Waals surface area contributed by atoms with Crippen molar-refractivity contribution in [3.63, 3.8) is 0 Å². The Bertz CT molecular complexity index is 664. The highest BCUT2D eigenvalue weighted by Gasteiger charge is 2.30. The van der Waals surface area contributed by atoms with Gasteiger partial charge in [-0.05, 0) is 63.8 Å². The summed E-state index contributed by atoms with van der Waals surface area (Å²) in [6.07, 6.45) is 2.47. The van der Waals surface area contributed by atoms with Gasteiger partial charge in [0, 0.05) is 12.6 Å². The maximum atomic E-state index is 12.8. The van der Waals surface area contributed by atoms with Gasteiger partial charge < -0.3 is 49.1 Å². The van der Waals surface area contributed by atoms with Crippen LogP contribution in [0.5, 0.6) is 0 Å². The maximum Gasteiger partial charge on any atom is 0.326 e. The van der Waals surface area contributed by atoms with Crippen molar-refractivity contribution in [2.45, 2.75) is 95.5 Å². The molecule has 0 saturated heterocycles. The first-order chi connectivity index (χ1) is 16.4. The number of nitrogens with two attached hydrogens (primary N) is 4. The third-order valence-corrected chi connectivity index (χ3v) is 5.52. The highest BCUT2D eigenvalue weighted by molar-refractivity contribution is 5.91. The summed E-state index contributed by atoms with van der Waals surface area (Å²) in [7, 11) is 0. The Morgan fingerprint density at radius 1 is 0.914 bits per heavy atom. The minimum atomic E-state index is -1.27. The van der Waals surface area contributed by atoms with Crippen LogP contribution < -0.4 is 38.9 Å². The predicted molar refractivity (Wildman–Crippen MR) is 134 cm³/mol. The van der Waals surface area contributed by atoms with Crippen molar-refractivity contribution in [1.29, 1.82) is 5.41 Å². The minimum absolute atomic E-state index is 0.0307. The number of aliphatic hydroxyl groups is 1. The Hall–Kier alpha value is -2.48. The molecule has 0 aliphatic carbocycles. The molecule has 0 radical (unpaired) electrons. The highest BCUT2D eigenvalue weighted by Crippen LogP contribution is 2.10. The molecule has 0 aliphatic heterocycles. The van der Waals surface area contributed by atoms with Gasteiger partial charge in [-0.3, -0.25) is 15.0 Å². The Kier molecular flexibility index (Phi) is 16.6. The van der Waals surface area contributed by atoms with E-state index in [-0.39, 0.29) is 37.2 Å². The Balaban J connectivity index is 4.84. The molecular weight excluding hydrogens is 456 g/mol. The first-order valence-corrected chi connectivity index (χ1v) is 12.2. The molecule has 0 aromatic carbocycles. The number of carboxylic acid groups (broad SMARTS) is 1. The molecule has 0 spiro atoms. The number of hydrogen-bond donors (Lipinski definition) is 10. The molecule has 0 unspecified atom stereocenters. The summed E-state index contributed by atoms with van der Waals surface area (Å²) in [5.41, 5.74) is 22.6. The van der Waals surface area contributed by atoms with Crippen LogP contribution >= 0.6 is 0 Å². The van der Waals surface area contributed by atoms with E-state index in [1.165, 1.54) is 0 Å². The van der Waals surface area contributed by atoms with Gasteiger partial charge in [0.1, 0.15) is 18.1 Å². The van der Waals surface area contributed by atoms with E-state index >= 15 is 0 Å². The van der Waals surface area contributed by atoms with Crippen LogP contribution in [0.15, 0.2) is 0 Å². The van der Waals surface area contributed by atoms with Crippen LogP contribution in [0.25, 0.3) is 0 Å². The first kappa shape index (κ1) is 32.5. The quantitative estimate of drug-likeness (QED) is 0.0542. The summed E-state index contributed by atoms with van der Waals surface area (Å²) < 4.78 is 0. The third-order valence-electron chi connectivity index (χ3n) is 5.52. The third kappa shape index (κ3) is 15.2. The molecule has 204 valence electrons. The molecule has 0 aromatic rings. The number of carbonyl (C=O) groups is 3. The van der Waals surface area contributed by atoms with Crippen molar-refractivity contribution in [2.75, 3.05) is 13.1 Å². The van der Waals surface area contributed by atoms with Crippen LogP contribution in [0.3, 0.4) is 0 Å². The number of rotatable bonds is 19. The summed E-state index contributed by atoms with van der Waals surface area (Å²) in [4.78, 5) is 36.9. The predicted octanol–water partition coefficient (Wildman–Crippen LogP) is -1.73. The lowest BCUT2D eigenvalue weighted by atomic mass is 9.98. The van der Waals surface area contributed by atoms with E-state index in [4.69, 9.17) is 28.3 Å². The van der Waals surface area contributed by atoms with Crippen LogP contribution in [0.4, 0.5) is 0 Å². The van der Waals surface area contributed by atoms with Gasteiger partial charge in [-0.15, -0.1) is 0 Å². The van der Waals surface area contributed by atoms with Crippen LogP contribution in [-0.4, -0.2) is 77.3 Å². The molecule has 0 rings (SSSR count). The zero-order valence-corrected chi connectivity index (χ0v) is 21.0. The number of carbonyl (C=O) groups excluding carboxylic acids is 2. The first-order valence-electron chi connectivity index (χ1n) is 12.2. The molecule has 0 saturated carbocycles. The number of aliphatic hydroxyl groups excluding tert-OH is 1. The van der Waals surface area contributed by atoms with Crippen molar-refractivity contribution in [2.24, 2.45) is 28.9 Å². The second-order valence-corrected chi connectivity index (χ2v) is 9.29. The average Bonchev–Trinajstić information content (AvgIpc) is 2.77. The maximum absolute atomic E-state index is 12.8. The molecule has 35 heavy (non-hydrogen) atoms. The SMILES string of the molecule is CC(C)C[C@H](NC(=O)[C@@H](N)[C@@H](O)CC[C@@H](N)CCCNC(=N)N)C(=O)N[C@@H](CCCCN)C(=O)O. The van der Waals surface area contributed by atoms with Gasteiger partial charge in [0.25, 0.3) is 0 Å². The number of unbranched alkanes of at least 4 members (excludes halogenated alkanes) is 1. The number of amides is 2. The van der Waals surface area contributed by atoms with Crippen LogP contribution in [0.1, 0.15) is 65.2 Å².